The third-order valence-electron chi connectivity index (χ3n) is 3.12. The van der Waals surface area contributed by atoms with E-state index in [0.717, 1.165) is 0 Å². The number of rotatable bonds is 3. The highest BCUT2D eigenvalue weighted by Gasteiger charge is 2.50. The zero-order valence-corrected chi connectivity index (χ0v) is 8.18. The molecule has 0 heterocycles. The van der Waals surface area contributed by atoms with Crippen molar-refractivity contribution in [1.82, 2.24) is 0 Å². The van der Waals surface area contributed by atoms with Crippen molar-refractivity contribution >= 4 is 5.97 Å². The summed E-state index contributed by atoms with van der Waals surface area (Å²) in [5, 5.41) is 8.62. The molecule has 0 saturated heterocycles. The second-order valence-electron chi connectivity index (χ2n) is 4.26. The quantitative estimate of drug-likeness (QED) is 0.769. The molecule has 0 amide bonds. The molecule has 6 heteroatoms. The molecule has 0 aromatic heterocycles. The summed E-state index contributed by atoms with van der Waals surface area (Å²) in [5.41, 5.74) is 4.54. The van der Waals surface area contributed by atoms with Crippen molar-refractivity contribution in [3.05, 3.63) is 0 Å². The molecule has 0 spiro atoms. The lowest BCUT2D eigenvalue weighted by molar-refractivity contribution is -0.175. The summed E-state index contributed by atoms with van der Waals surface area (Å²) in [6.45, 7) is 0.00583. The molecule has 1 fully saturated rings. The Morgan fingerprint density at radius 2 is 2.13 bits per heavy atom. The Morgan fingerprint density at radius 3 is 2.47 bits per heavy atom. The van der Waals surface area contributed by atoms with E-state index in [4.69, 9.17) is 10.8 Å². The highest BCUT2D eigenvalue weighted by atomic mass is 19.4. The molecule has 1 rings (SSSR count). The number of halogens is 3. The molecule has 1 aliphatic rings. The maximum atomic E-state index is 12.4. The van der Waals surface area contributed by atoms with Gasteiger partial charge in [-0.2, -0.15) is 13.2 Å². The number of carboxylic acid groups (broad SMARTS) is 1. The van der Waals surface area contributed by atoms with Crippen molar-refractivity contribution in [1.29, 1.82) is 0 Å². The predicted molar refractivity (Wildman–Crippen MR) is 47.1 cm³/mol. The Balaban J connectivity index is 2.69. The van der Waals surface area contributed by atoms with E-state index < -0.39 is 23.5 Å². The van der Waals surface area contributed by atoms with Gasteiger partial charge in [0.2, 0.25) is 0 Å². The first kappa shape index (κ1) is 12.3. The Morgan fingerprint density at radius 1 is 1.53 bits per heavy atom. The van der Waals surface area contributed by atoms with E-state index in [2.05, 4.69) is 0 Å². The van der Waals surface area contributed by atoms with Gasteiger partial charge in [0, 0.05) is 0 Å². The van der Waals surface area contributed by atoms with Gasteiger partial charge in [-0.1, -0.05) is 0 Å². The molecule has 3 nitrogen and oxygen atoms in total. The van der Waals surface area contributed by atoms with Gasteiger partial charge < -0.3 is 10.8 Å². The van der Waals surface area contributed by atoms with Crippen LogP contribution in [0, 0.1) is 11.3 Å². The molecule has 0 aromatic rings. The number of carboxylic acids is 1. The van der Waals surface area contributed by atoms with Crippen molar-refractivity contribution < 1.29 is 23.1 Å². The normalized spacial score (nSPS) is 31.9. The fraction of sp³-hybridized carbons (Fsp3) is 0.889. The summed E-state index contributed by atoms with van der Waals surface area (Å²) in [6.07, 6.45) is -4.40. The maximum absolute atomic E-state index is 12.4. The molecule has 0 unspecified atom stereocenters. The third-order valence-corrected chi connectivity index (χ3v) is 3.12. The van der Waals surface area contributed by atoms with E-state index in [1.807, 2.05) is 0 Å². The molecule has 0 bridgehead atoms. The van der Waals surface area contributed by atoms with Crippen LogP contribution in [0.15, 0.2) is 0 Å². The Bertz CT molecular complexity index is 254. The number of aliphatic carboxylic acids is 1. The molecule has 3 N–H and O–H groups in total. The maximum Gasteiger partial charge on any atom is 0.391 e. The van der Waals surface area contributed by atoms with E-state index in [9.17, 15) is 18.0 Å². The number of hydrogen-bond acceptors (Lipinski definition) is 2. The zero-order chi connectivity index (χ0) is 11.7. The summed E-state index contributed by atoms with van der Waals surface area (Å²) in [6, 6.07) is 0. The molecule has 0 aliphatic heterocycles. The average Bonchev–Trinajstić information content (AvgIpc) is 2.47. The minimum absolute atomic E-state index is 0.00583. The highest BCUT2D eigenvalue weighted by molar-refractivity contribution is 5.67. The minimum Gasteiger partial charge on any atom is -0.481 e. The van der Waals surface area contributed by atoms with Gasteiger partial charge in [0.05, 0.1) is 12.3 Å². The van der Waals surface area contributed by atoms with Crippen LogP contribution in [-0.2, 0) is 4.79 Å². The van der Waals surface area contributed by atoms with Gasteiger partial charge in [0.15, 0.2) is 0 Å². The van der Waals surface area contributed by atoms with Crippen LogP contribution in [0.3, 0.4) is 0 Å². The first-order chi connectivity index (χ1) is 6.79. The number of carbonyl (C=O) groups is 1. The van der Waals surface area contributed by atoms with Crippen LogP contribution in [0.1, 0.15) is 25.7 Å². The Labute approximate surface area is 85.4 Å². The van der Waals surface area contributed by atoms with E-state index in [0.29, 0.717) is 0 Å². The van der Waals surface area contributed by atoms with Gasteiger partial charge in [0.25, 0.3) is 0 Å². The molecule has 2 atom stereocenters. The molecule has 1 aliphatic carbocycles. The Hall–Kier alpha value is -0.780. The Kier molecular flexibility index (Phi) is 3.28. The summed E-state index contributed by atoms with van der Waals surface area (Å²) in [7, 11) is 0. The predicted octanol–water partition coefficient (Wildman–Crippen LogP) is 1.77. The van der Waals surface area contributed by atoms with E-state index in [-0.39, 0.29) is 32.2 Å². The second kappa shape index (κ2) is 4.00. The third kappa shape index (κ3) is 2.84. The minimum atomic E-state index is -4.23. The molecule has 1 saturated carbocycles. The summed E-state index contributed by atoms with van der Waals surface area (Å²) in [5.74, 6) is -2.47. The molecular formula is C9H14F3NO2. The van der Waals surface area contributed by atoms with Crippen LogP contribution >= 0.6 is 0 Å². The summed E-state index contributed by atoms with van der Waals surface area (Å²) >= 11 is 0. The lowest BCUT2D eigenvalue weighted by atomic mass is 9.82. The number of nitrogens with two attached hydrogens (primary N) is 1. The van der Waals surface area contributed by atoms with Crippen molar-refractivity contribution in [3.8, 4) is 0 Å². The first-order valence-electron chi connectivity index (χ1n) is 4.78. The molecule has 0 aromatic carbocycles. The van der Waals surface area contributed by atoms with Gasteiger partial charge in [-0.05, 0) is 31.2 Å². The molecule has 88 valence electrons. The van der Waals surface area contributed by atoms with Crippen LogP contribution in [0.25, 0.3) is 0 Å². The van der Waals surface area contributed by atoms with Gasteiger partial charge >= 0.3 is 12.1 Å². The highest BCUT2D eigenvalue weighted by Crippen LogP contribution is 2.49. The van der Waals surface area contributed by atoms with Gasteiger partial charge in [-0.25, -0.2) is 0 Å². The van der Waals surface area contributed by atoms with Crippen molar-refractivity contribution in [2.45, 2.75) is 31.9 Å². The lowest BCUT2D eigenvalue weighted by Gasteiger charge is -2.26. The van der Waals surface area contributed by atoms with Gasteiger partial charge in [0.1, 0.15) is 0 Å². The average molecular weight is 225 g/mol. The lowest BCUT2D eigenvalue weighted by Crippen LogP contribution is -2.32. The number of hydrogen-bond donors (Lipinski definition) is 2. The van der Waals surface area contributed by atoms with E-state index in [1.165, 1.54) is 0 Å². The van der Waals surface area contributed by atoms with Crippen molar-refractivity contribution in [3.63, 3.8) is 0 Å². The van der Waals surface area contributed by atoms with Crippen LogP contribution in [0.2, 0.25) is 0 Å². The smallest absolute Gasteiger partial charge is 0.391 e. The van der Waals surface area contributed by atoms with Gasteiger partial charge in [-0.15, -0.1) is 0 Å². The topological polar surface area (TPSA) is 63.3 Å². The number of alkyl halides is 3. The first-order valence-corrected chi connectivity index (χ1v) is 4.78. The summed E-state index contributed by atoms with van der Waals surface area (Å²) in [4.78, 5) is 10.5. The monoisotopic (exact) mass is 225 g/mol. The zero-order valence-electron chi connectivity index (χ0n) is 8.18. The van der Waals surface area contributed by atoms with Crippen molar-refractivity contribution in [2.24, 2.45) is 17.1 Å². The largest absolute Gasteiger partial charge is 0.481 e. The fourth-order valence-corrected chi connectivity index (χ4v) is 2.23. The second-order valence-corrected chi connectivity index (χ2v) is 4.26. The molecule has 15 heavy (non-hydrogen) atoms. The van der Waals surface area contributed by atoms with Crippen molar-refractivity contribution in [2.75, 3.05) is 6.54 Å². The van der Waals surface area contributed by atoms with E-state index >= 15 is 0 Å². The SMILES string of the molecule is NC[C@@]1(CC(=O)O)CC[C@@H](C(F)(F)F)C1. The van der Waals surface area contributed by atoms with Crippen LogP contribution in [-0.4, -0.2) is 23.8 Å². The summed E-state index contributed by atoms with van der Waals surface area (Å²) < 4.78 is 37.2. The fourth-order valence-electron chi connectivity index (χ4n) is 2.23. The van der Waals surface area contributed by atoms with Crippen LogP contribution in [0.5, 0.6) is 0 Å². The van der Waals surface area contributed by atoms with Gasteiger partial charge in [-0.3, -0.25) is 4.79 Å². The van der Waals surface area contributed by atoms with E-state index in [1.54, 1.807) is 0 Å². The standard InChI is InChI=1S/C9H14F3NO2/c10-9(11,12)6-1-2-8(3-6,5-13)4-7(14)15/h6H,1-5,13H2,(H,14,15)/t6-,8+/m1/s1. The molecular weight excluding hydrogens is 211 g/mol. The molecule has 0 radical (unpaired) electrons. The van der Waals surface area contributed by atoms with Crippen LogP contribution in [0.4, 0.5) is 13.2 Å². The van der Waals surface area contributed by atoms with Crippen LogP contribution < -0.4 is 5.73 Å².